The van der Waals surface area contributed by atoms with E-state index in [-0.39, 0.29) is 0 Å². The zero-order chi connectivity index (χ0) is 19.8. The fourth-order valence-corrected chi connectivity index (χ4v) is 3.65. The first-order valence-electron chi connectivity index (χ1n) is 9.53. The standard InChI is InChI=1S/C23H21N5O/c1-28-9-6-16-3-4-17(10-21(16)28)19-11-18(12-20-23(19)25-8-7-24-20)26-13-15-2-5-22(29)27-14-15/h2-12,14,22,26-27,29H,13H2,1H3. The molecule has 3 N–H and O–H groups in total. The number of hydrogen-bond donors (Lipinski definition) is 3. The highest BCUT2D eigenvalue weighted by Gasteiger charge is 2.11. The van der Waals surface area contributed by atoms with E-state index in [1.807, 2.05) is 18.3 Å². The first kappa shape index (κ1) is 17.5. The molecule has 0 bridgehead atoms. The van der Waals surface area contributed by atoms with Gasteiger partial charge in [-0.1, -0.05) is 18.2 Å². The van der Waals surface area contributed by atoms with Crippen molar-refractivity contribution in [3.05, 3.63) is 78.9 Å². The van der Waals surface area contributed by atoms with Gasteiger partial charge in [0.15, 0.2) is 0 Å². The molecule has 144 valence electrons. The molecule has 1 atom stereocenters. The van der Waals surface area contributed by atoms with E-state index in [2.05, 4.69) is 68.7 Å². The van der Waals surface area contributed by atoms with Crippen molar-refractivity contribution in [2.45, 2.75) is 6.23 Å². The molecule has 4 aromatic rings. The minimum Gasteiger partial charge on any atom is -0.381 e. The number of aryl methyl sites for hydroxylation is 1. The summed E-state index contributed by atoms with van der Waals surface area (Å²) in [5.74, 6) is 0. The molecule has 2 aromatic heterocycles. The molecule has 0 saturated heterocycles. The van der Waals surface area contributed by atoms with Crippen LogP contribution in [0.5, 0.6) is 0 Å². The molecule has 6 heteroatoms. The fraction of sp³-hybridized carbons (Fsp3) is 0.130. The van der Waals surface area contributed by atoms with Gasteiger partial charge in [-0.3, -0.25) is 9.97 Å². The molecule has 0 spiro atoms. The van der Waals surface area contributed by atoms with E-state index in [1.54, 1.807) is 18.5 Å². The number of aliphatic hydroxyl groups excluding tert-OH is 1. The van der Waals surface area contributed by atoms with Crippen molar-refractivity contribution in [3.63, 3.8) is 0 Å². The van der Waals surface area contributed by atoms with Crippen molar-refractivity contribution in [1.82, 2.24) is 19.9 Å². The Morgan fingerprint density at radius 3 is 2.90 bits per heavy atom. The van der Waals surface area contributed by atoms with Crippen LogP contribution >= 0.6 is 0 Å². The first-order valence-corrected chi connectivity index (χ1v) is 9.53. The van der Waals surface area contributed by atoms with Gasteiger partial charge in [0.1, 0.15) is 6.23 Å². The maximum absolute atomic E-state index is 9.49. The van der Waals surface area contributed by atoms with Crippen LogP contribution in [0.2, 0.25) is 0 Å². The first-order chi connectivity index (χ1) is 14.2. The molecule has 1 aliphatic rings. The molecule has 0 fully saturated rings. The maximum atomic E-state index is 9.49. The normalized spacial score (nSPS) is 16.1. The molecule has 0 aliphatic carbocycles. The number of rotatable bonds is 4. The minimum atomic E-state index is -0.617. The Labute approximate surface area is 168 Å². The largest absolute Gasteiger partial charge is 0.381 e. The van der Waals surface area contributed by atoms with Gasteiger partial charge in [0.2, 0.25) is 0 Å². The Kier molecular flexibility index (Phi) is 4.26. The quantitative estimate of drug-likeness (QED) is 0.502. The van der Waals surface area contributed by atoms with E-state index in [4.69, 9.17) is 0 Å². The van der Waals surface area contributed by atoms with Gasteiger partial charge in [-0.25, -0.2) is 0 Å². The number of fused-ring (bicyclic) bond motifs is 2. The number of nitrogens with zero attached hydrogens (tertiary/aromatic N) is 3. The monoisotopic (exact) mass is 383 g/mol. The second kappa shape index (κ2) is 7.07. The lowest BCUT2D eigenvalue weighted by Crippen LogP contribution is -2.25. The van der Waals surface area contributed by atoms with E-state index in [0.29, 0.717) is 6.54 Å². The smallest absolute Gasteiger partial charge is 0.143 e. The van der Waals surface area contributed by atoms with E-state index in [1.165, 1.54) is 10.9 Å². The van der Waals surface area contributed by atoms with Crippen molar-refractivity contribution in [3.8, 4) is 11.1 Å². The summed E-state index contributed by atoms with van der Waals surface area (Å²) in [4.78, 5) is 9.11. The van der Waals surface area contributed by atoms with Crippen LogP contribution in [-0.4, -0.2) is 32.4 Å². The third-order valence-electron chi connectivity index (χ3n) is 5.20. The van der Waals surface area contributed by atoms with Crippen molar-refractivity contribution >= 4 is 27.6 Å². The second-order valence-electron chi connectivity index (χ2n) is 7.19. The zero-order valence-corrected chi connectivity index (χ0v) is 16.0. The summed E-state index contributed by atoms with van der Waals surface area (Å²) in [5, 5.41) is 17.1. The fourth-order valence-electron chi connectivity index (χ4n) is 3.65. The van der Waals surface area contributed by atoms with Crippen LogP contribution in [0.1, 0.15) is 0 Å². The van der Waals surface area contributed by atoms with Crippen LogP contribution in [0, 0.1) is 0 Å². The summed E-state index contributed by atoms with van der Waals surface area (Å²) in [6.45, 7) is 0.637. The summed E-state index contributed by atoms with van der Waals surface area (Å²) in [6.07, 6.45) is 10.4. The number of benzene rings is 2. The van der Waals surface area contributed by atoms with Gasteiger partial charge in [-0.05, 0) is 46.9 Å². The van der Waals surface area contributed by atoms with Crippen molar-refractivity contribution in [1.29, 1.82) is 0 Å². The molecule has 5 rings (SSSR count). The molecule has 1 aliphatic heterocycles. The van der Waals surface area contributed by atoms with Crippen LogP contribution in [0.25, 0.3) is 33.1 Å². The summed E-state index contributed by atoms with van der Waals surface area (Å²) in [5.41, 5.74) is 7.09. The average Bonchev–Trinajstić information content (AvgIpc) is 3.13. The van der Waals surface area contributed by atoms with Gasteiger partial charge in [-0.15, -0.1) is 0 Å². The predicted molar refractivity (Wildman–Crippen MR) is 116 cm³/mol. The van der Waals surface area contributed by atoms with Crippen LogP contribution in [0.15, 0.2) is 78.9 Å². The molecule has 0 amide bonds. The molecule has 29 heavy (non-hydrogen) atoms. The Morgan fingerprint density at radius 2 is 2.03 bits per heavy atom. The third kappa shape index (κ3) is 3.34. The minimum absolute atomic E-state index is 0.617. The van der Waals surface area contributed by atoms with Crippen molar-refractivity contribution < 1.29 is 5.11 Å². The molecular weight excluding hydrogens is 362 g/mol. The van der Waals surface area contributed by atoms with Crippen molar-refractivity contribution in [2.75, 3.05) is 11.9 Å². The number of aliphatic hydroxyl groups is 1. The zero-order valence-electron chi connectivity index (χ0n) is 16.0. The molecule has 3 heterocycles. The highest BCUT2D eigenvalue weighted by Crippen LogP contribution is 2.32. The number of nitrogens with one attached hydrogen (secondary N) is 2. The van der Waals surface area contributed by atoms with Crippen LogP contribution in [0.3, 0.4) is 0 Å². The van der Waals surface area contributed by atoms with Crippen LogP contribution in [-0.2, 0) is 7.05 Å². The van der Waals surface area contributed by atoms with Crippen LogP contribution in [0.4, 0.5) is 5.69 Å². The SMILES string of the molecule is Cn1ccc2ccc(-c3cc(NCC4=CNC(O)C=C4)cc4nccnc34)cc21. The molecular formula is C23H21N5O. The third-order valence-corrected chi connectivity index (χ3v) is 5.20. The molecule has 0 radical (unpaired) electrons. The van der Waals surface area contributed by atoms with E-state index in [9.17, 15) is 5.11 Å². The second-order valence-corrected chi connectivity index (χ2v) is 7.19. The van der Waals surface area contributed by atoms with Gasteiger partial charge in [-0.2, -0.15) is 0 Å². The molecule has 6 nitrogen and oxygen atoms in total. The summed E-state index contributed by atoms with van der Waals surface area (Å²) < 4.78 is 2.12. The maximum Gasteiger partial charge on any atom is 0.143 e. The van der Waals surface area contributed by atoms with Gasteiger partial charge < -0.3 is 20.3 Å². The van der Waals surface area contributed by atoms with E-state index < -0.39 is 6.23 Å². The lowest BCUT2D eigenvalue weighted by atomic mass is 10.0. The Bertz CT molecular complexity index is 1270. The Balaban J connectivity index is 1.55. The average molecular weight is 383 g/mol. The highest BCUT2D eigenvalue weighted by atomic mass is 16.3. The van der Waals surface area contributed by atoms with E-state index in [0.717, 1.165) is 33.4 Å². The van der Waals surface area contributed by atoms with Crippen LogP contribution < -0.4 is 10.6 Å². The lowest BCUT2D eigenvalue weighted by molar-refractivity contribution is 0.200. The number of anilines is 1. The number of dihydropyridines is 1. The summed E-state index contributed by atoms with van der Waals surface area (Å²) in [7, 11) is 2.05. The highest BCUT2D eigenvalue weighted by molar-refractivity contribution is 5.97. The molecule has 0 saturated carbocycles. The lowest BCUT2D eigenvalue weighted by Gasteiger charge is -2.15. The topological polar surface area (TPSA) is 75.0 Å². The van der Waals surface area contributed by atoms with Gasteiger partial charge in [0.05, 0.1) is 11.0 Å². The van der Waals surface area contributed by atoms with Gasteiger partial charge in [0, 0.05) is 55.2 Å². The summed E-state index contributed by atoms with van der Waals surface area (Å²) in [6, 6.07) is 12.7. The summed E-state index contributed by atoms with van der Waals surface area (Å²) >= 11 is 0. The number of hydrogen-bond acceptors (Lipinski definition) is 5. The number of aromatic nitrogens is 3. The Morgan fingerprint density at radius 1 is 1.14 bits per heavy atom. The molecule has 1 unspecified atom stereocenters. The molecule has 2 aromatic carbocycles. The Hall–Kier alpha value is -3.64. The van der Waals surface area contributed by atoms with Gasteiger partial charge in [0.25, 0.3) is 0 Å². The predicted octanol–water partition coefficient (Wildman–Crippen LogP) is 3.56. The van der Waals surface area contributed by atoms with Crippen molar-refractivity contribution in [2.24, 2.45) is 7.05 Å². The van der Waals surface area contributed by atoms with Gasteiger partial charge >= 0.3 is 0 Å². The van der Waals surface area contributed by atoms with E-state index >= 15 is 0 Å².